The van der Waals surface area contributed by atoms with Gasteiger partial charge in [-0.15, -0.1) is 0 Å². The SMILES string of the molecule is Cc1ccccc1OCC(=O)NC(=S)Nc1ccc(N2CCN(C(=O)c3ccccc3C)CC2)c(Cl)c1. The first kappa shape index (κ1) is 26.4. The lowest BCUT2D eigenvalue weighted by molar-refractivity contribution is -0.121. The molecule has 0 aliphatic carbocycles. The van der Waals surface area contributed by atoms with Crippen LogP contribution in [0.15, 0.2) is 66.7 Å². The molecule has 2 N–H and O–H groups in total. The summed E-state index contributed by atoms with van der Waals surface area (Å²) in [5.41, 5.74) is 4.22. The topological polar surface area (TPSA) is 73.9 Å². The zero-order valence-corrected chi connectivity index (χ0v) is 22.4. The van der Waals surface area contributed by atoms with Crippen LogP contribution in [0.3, 0.4) is 0 Å². The summed E-state index contributed by atoms with van der Waals surface area (Å²) in [6, 6.07) is 20.7. The maximum Gasteiger partial charge on any atom is 0.264 e. The van der Waals surface area contributed by atoms with Gasteiger partial charge in [0.15, 0.2) is 11.7 Å². The molecule has 1 saturated heterocycles. The summed E-state index contributed by atoms with van der Waals surface area (Å²) in [4.78, 5) is 29.2. The number of anilines is 2. The van der Waals surface area contributed by atoms with E-state index >= 15 is 0 Å². The highest BCUT2D eigenvalue weighted by Gasteiger charge is 2.24. The molecule has 0 spiro atoms. The van der Waals surface area contributed by atoms with Crippen molar-refractivity contribution < 1.29 is 14.3 Å². The number of aryl methyl sites for hydroxylation is 2. The Morgan fingerprint density at radius 1 is 0.946 bits per heavy atom. The number of carbonyl (C=O) groups is 2. The number of nitrogens with zero attached hydrogens (tertiary/aromatic N) is 2. The average Bonchev–Trinajstić information content (AvgIpc) is 2.88. The van der Waals surface area contributed by atoms with E-state index in [-0.39, 0.29) is 23.5 Å². The molecule has 3 aromatic rings. The number of hydrogen-bond donors (Lipinski definition) is 2. The average molecular weight is 537 g/mol. The van der Waals surface area contributed by atoms with Gasteiger partial charge in [-0.05, 0) is 67.5 Å². The van der Waals surface area contributed by atoms with Crippen LogP contribution in [0, 0.1) is 13.8 Å². The number of hydrogen-bond acceptors (Lipinski definition) is 5. The monoisotopic (exact) mass is 536 g/mol. The van der Waals surface area contributed by atoms with Crippen molar-refractivity contribution in [3.05, 3.63) is 88.4 Å². The van der Waals surface area contributed by atoms with E-state index in [1.54, 1.807) is 6.07 Å². The predicted molar refractivity (Wildman–Crippen MR) is 152 cm³/mol. The zero-order valence-electron chi connectivity index (χ0n) is 20.8. The standard InChI is InChI=1S/C28H29ClN4O3S/c1-19-7-3-5-9-22(19)27(35)33-15-13-32(14-16-33)24-12-11-21(17-23(24)29)30-28(37)31-26(34)18-36-25-10-6-4-8-20(25)2/h3-12,17H,13-16,18H2,1-2H3,(H2,30,31,34,37). The van der Waals surface area contributed by atoms with E-state index in [2.05, 4.69) is 15.5 Å². The Kier molecular flexibility index (Phi) is 8.63. The second kappa shape index (κ2) is 12.1. The summed E-state index contributed by atoms with van der Waals surface area (Å²) in [7, 11) is 0. The molecule has 0 unspecified atom stereocenters. The van der Waals surface area contributed by atoms with Crippen LogP contribution in [0.4, 0.5) is 11.4 Å². The Labute approximate surface area is 227 Å². The van der Waals surface area contributed by atoms with E-state index in [0.29, 0.717) is 42.6 Å². The fourth-order valence-electron chi connectivity index (χ4n) is 4.16. The number of ether oxygens (including phenoxy) is 1. The molecule has 1 heterocycles. The Bertz CT molecular complexity index is 1310. The number of rotatable bonds is 6. The zero-order chi connectivity index (χ0) is 26.4. The Morgan fingerprint density at radius 3 is 2.30 bits per heavy atom. The number of piperazine rings is 1. The molecule has 1 aliphatic rings. The molecule has 1 aliphatic heterocycles. The van der Waals surface area contributed by atoms with Crippen molar-refractivity contribution in [3.8, 4) is 5.75 Å². The lowest BCUT2D eigenvalue weighted by atomic mass is 10.1. The summed E-state index contributed by atoms with van der Waals surface area (Å²) >= 11 is 11.9. The van der Waals surface area contributed by atoms with Crippen LogP contribution < -0.4 is 20.3 Å². The maximum absolute atomic E-state index is 12.9. The minimum absolute atomic E-state index is 0.0586. The normalized spacial score (nSPS) is 13.2. The van der Waals surface area contributed by atoms with E-state index in [9.17, 15) is 9.59 Å². The highest BCUT2D eigenvalue weighted by molar-refractivity contribution is 7.80. The van der Waals surface area contributed by atoms with Crippen LogP contribution in [0.2, 0.25) is 5.02 Å². The van der Waals surface area contributed by atoms with Crippen LogP contribution in [-0.4, -0.2) is 54.6 Å². The molecule has 0 radical (unpaired) electrons. The van der Waals surface area contributed by atoms with Gasteiger partial charge in [0.25, 0.3) is 11.8 Å². The lowest BCUT2D eigenvalue weighted by Gasteiger charge is -2.36. The molecule has 0 saturated carbocycles. The summed E-state index contributed by atoms with van der Waals surface area (Å²) in [6.07, 6.45) is 0. The van der Waals surface area contributed by atoms with Gasteiger partial charge in [0.05, 0.1) is 10.7 Å². The van der Waals surface area contributed by atoms with E-state index in [1.807, 2.05) is 79.4 Å². The van der Waals surface area contributed by atoms with Gasteiger partial charge in [0.1, 0.15) is 5.75 Å². The van der Waals surface area contributed by atoms with E-state index in [1.165, 1.54) is 0 Å². The smallest absolute Gasteiger partial charge is 0.264 e. The van der Waals surface area contributed by atoms with Crippen LogP contribution in [0.5, 0.6) is 5.75 Å². The van der Waals surface area contributed by atoms with Crippen LogP contribution in [0.1, 0.15) is 21.5 Å². The molecule has 37 heavy (non-hydrogen) atoms. The van der Waals surface area contributed by atoms with Gasteiger partial charge in [0.2, 0.25) is 0 Å². The van der Waals surface area contributed by atoms with Crippen molar-refractivity contribution in [1.29, 1.82) is 0 Å². The summed E-state index contributed by atoms with van der Waals surface area (Å²) < 4.78 is 5.55. The third-order valence-electron chi connectivity index (χ3n) is 6.19. The summed E-state index contributed by atoms with van der Waals surface area (Å²) in [5.74, 6) is 0.351. The lowest BCUT2D eigenvalue weighted by Crippen LogP contribution is -2.49. The highest BCUT2D eigenvalue weighted by Crippen LogP contribution is 2.30. The number of nitrogens with one attached hydrogen (secondary N) is 2. The first-order chi connectivity index (χ1) is 17.8. The van der Waals surface area contributed by atoms with Crippen LogP contribution in [0.25, 0.3) is 0 Å². The van der Waals surface area contributed by atoms with Gasteiger partial charge in [-0.2, -0.15) is 0 Å². The van der Waals surface area contributed by atoms with Gasteiger partial charge >= 0.3 is 0 Å². The molecule has 1 fully saturated rings. The molecule has 192 valence electrons. The first-order valence-electron chi connectivity index (χ1n) is 12.0. The maximum atomic E-state index is 12.9. The molecule has 9 heteroatoms. The quantitative estimate of drug-likeness (QED) is 0.440. The minimum atomic E-state index is -0.360. The van der Waals surface area contributed by atoms with Crippen molar-refractivity contribution in [2.75, 3.05) is 43.0 Å². The third kappa shape index (κ3) is 6.78. The second-order valence-electron chi connectivity index (χ2n) is 8.82. The van der Waals surface area contributed by atoms with Gasteiger partial charge in [-0.3, -0.25) is 14.9 Å². The molecule has 7 nitrogen and oxygen atoms in total. The third-order valence-corrected chi connectivity index (χ3v) is 6.70. The number of carbonyl (C=O) groups excluding carboxylic acids is 2. The second-order valence-corrected chi connectivity index (χ2v) is 9.63. The van der Waals surface area contributed by atoms with Gasteiger partial charge in [0, 0.05) is 37.4 Å². The Morgan fingerprint density at radius 2 is 1.62 bits per heavy atom. The Hall–Kier alpha value is -3.62. The molecule has 0 atom stereocenters. The fraction of sp³-hybridized carbons (Fsp3) is 0.250. The van der Waals surface area contributed by atoms with E-state index in [4.69, 9.17) is 28.6 Å². The van der Waals surface area contributed by atoms with Crippen molar-refractivity contribution in [1.82, 2.24) is 10.2 Å². The van der Waals surface area contributed by atoms with Crippen molar-refractivity contribution in [3.63, 3.8) is 0 Å². The molecule has 2 amide bonds. The van der Waals surface area contributed by atoms with Crippen molar-refractivity contribution >= 4 is 52.1 Å². The molecular weight excluding hydrogens is 508 g/mol. The van der Waals surface area contributed by atoms with Crippen LogP contribution >= 0.6 is 23.8 Å². The molecular formula is C28H29ClN4O3S. The van der Waals surface area contributed by atoms with Crippen molar-refractivity contribution in [2.24, 2.45) is 0 Å². The van der Waals surface area contributed by atoms with E-state index in [0.717, 1.165) is 22.4 Å². The first-order valence-corrected chi connectivity index (χ1v) is 12.8. The fourth-order valence-corrected chi connectivity index (χ4v) is 4.69. The van der Waals surface area contributed by atoms with Crippen molar-refractivity contribution in [2.45, 2.75) is 13.8 Å². The number of benzene rings is 3. The van der Waals surface area contributed by atoms with Gasteiger partial charge in [-0.1, -0.05) is 48.0 Å². The van der Waals surface area contributed by atoms with Crippen LogP contribution in [-0.2, 0) is 4.79 Å². The molecule has 0 bridgehead atoms. The Balaban J connectivity index is 1.27. The molecule has 4 rings (SSSR count). The minimum Gasteiger partial charge on any atom is -0.483 e. The summed E-state index contributed by atoms with van der Waals surface area (Å²) in [5, 5.41) is 6.31. The summed E-state index contributed by atoms with van der Waals surface area (Å²) in [6.45, 7) is 6.31. The number of thiocarbonyl (C=S) groups is 1. The predicted octanol–water partition coefficient (Wildman–Crippen LogP) is 4.81. The number of halogens is 1. The molecule has 0 aromatic heterocycles. The highest BCUT2D eigenvalue weighted by atomic mass is 35.5. The van der Waals surface area contributed by atoms with Gasteiger partial charge < -0.3 is 19.9 Å². The van der Waals surface area contributed by atoms with E-state index < -0.39 is 0 Å². The number of para-hydroxylation sites is 1. The molecule has 3 aromatic carbocycles. The van der Waals surface area contributed by atoms with Gasteiger partial charge in [-0.25, -0.2) is 0 Å². The largest absolute Gasteiger partial charge is 0.483 e. The number of amides is 2.